The molecule has 5 nitrogen and oxygen atoms in total. The van der Waals surface area contributed by atoms with Crippen molar-refractivity contribution in [1.29, 1.82) is 0 Å². The summed E-state index contributed by atoms with van der Waals surface area (Å²) in [6, 6.07) is 7.92. The molecule has 1 saturated heterocycles. The number of aromatic nitrogens is 1. The van der Waals surface area contributed by atoms with Crippen LogP contribution in [0.3, 0.4) is 0 Å². The van der Waals surface area contributed by atoms with Crippen molar-refractivity contribution in [3.8, 4) is 0 Å². The Hall–Kier alpha value is -2.03. The molecule has 0 spiro atoms. The molecule has 134 valence electrons. The van der Waals surface area contributed by atoms with E-state index < -0.39 is 0 Å². The zero-order valence-electron chi connectivity index (χ0n) is 14.3. The lowest BCUT2D eigenvalue weighted by molar-refractivity contribution is -0.122. The molecular weight excluding hydrogens is 386 g/mol. The predicted molar refractivity (Wildman–Crippen MR) is 111 cm³/mol. The molecule has 1 aromatic carbocycles. The van der Waals surface area contributed by atoms with E-state index in [1.807, 2.05) is 49.6 Å². The number of rotatable bonds is 5. The van der Waals surface area contributed by atoms with Crippen molar-refractivity contribution in [2.45, 2.75) is 20.3 Å². The number of hydrogen-bond donors (Lipinski definition) is 1. The largest absolute Gasteiger partial charge is 0.302 e. The molecule has 0 atom stereocenters. The van der Waals surface area contributed by atoms with E-state index in [9.17, 15) is 9.59 Å². The van der Waals surface area contributed by atoms with Crippen LogP contribution in [0.4, 0.5) is 5.13 Å². The summed E-state index contributed by atoms with van der Waals surface area (Å²) < 4.78 is 0.478. The second kappa shape index (κ2) is 8.11. The van der Waals surface area contributed by atoms with Crippen LogP contribution in [0.2, 0.25) is 0 Å². The van der Waals surface area contributed by atoms with Crippen molar-refractivity contribution in [2.75, 3.05) is 11.9 Å². The number of benzene rings is 1. The second-order valence-corrected chi connectivity index (χ2v) is 8.37. The molecular formula is C18H17N3O2S3. The van der Waals surface area contributed by atoms with Crippen LogP contribution in [0.1, 0.15) is 23.2 Å². The first-order valence-electron chi connectivity index (χ1n) is 7.96. The number of aryl methyl sites for hydroxylation is 2. The van der Waals surface area contributed by atoms with Gasteiger partial charge in [-0.1, -0.05) is 53.8 Å². The average Bonchev–Trinajstić information content (AvgIpc) is 3.11. The fourth-order valence-electron chi connectivity index (χ4n) is 2.31. The average molecular weight is 404 g/mol. The molecule has 8 heteroatoms. The van der Waals surface area contributed by atoms with Crippen LogP contribution in [0.15, 0.2) is 34.6 Å². The highest BCUT2D eigenvalue weighted by Gasteiger charge is 2.32. The number of amides is 2. The molecule has 1 N–H and O–H groups in total. The fourth-order valence-corrected chi connectivity index (χ4v) is 4.33. The van der Waals surface area contributed by atoms with Crippen LogP contribution in [-0.2, 0) is 9.59 Å². The lowest BCUT2D eigenvalue weighted by Gasteiger charge is -2.13. The highest BCUT2D eigenvalue weighted by molar-refractivity contribution is 8.26. The van der Waals surface area contributed by atoms with Gasteiger partial charge in [0.2, 0.25) is 5.91 Å². The van der Waals surface area contributed by atoms with Crippen LogP contribution < -0.4 is 5.32 Å². The lowest BCUT2D eigenvalue weighted by atomic mass is 10.1. The summed E-state index contributed by atoms with van der Waals surface area (Å²) in [5.41, 5.74) is 2.98. The maximum absolute atomic E-state index is 12.6. The molecule has 0 radical (unpaired) electrons. The summed E-state index contributed by atoms with van der Waals surface area (Å²) in [6.45, 7) is 4.14. The maximum Gasteiger partial charge on any atom is 0.266 e. The zero-order valence-corrected chi connectivity index (χ0v) is 16.8. The van der Waals surface area contributed by atoms with Gasteiger partial charge in [-0.15, -0.1) is 11.3 Å². The summed E-state index contributed by atoms with van der Waals surface area (Å²) in [7, 11) is 0. The monoisotopic (exact) mass is 403 g/mol. The molecule has 1 aliphatic heterocycles. The van der Waals surface area contributed by atoms with Crippen LogP contribution in [0.5, 0.6) is 0 Å². The van der Waals surface area contributed by atoms with Crippen molar-refractivity contribution in [1.82, 2.24) is 9.88 Å². The smallest absolute Gasteiger partial charge is 0.266 e. The van der Waals surface area contributed by atoms with Crippen molar-refractivity contribution < 1.29 is 9.59 Å². The van der Waals surface area contributed by atoms with Gasteiger partial charge in [-0.05, 0) is 25.5 Å². The number of carbonyl (C=O) groups excluding carboxylic acids is 2. The Kier molecular flexibility index (Phi) is 5.85. The number of nitrogens with zero attached hydrogens (tertiary/aromatic N) is 2. The van der Waals surface area contributed by atoms with Crippen LogP contribution in [0.25, 0.3) is 6.08 Å². The number of thiocarbonyl (C=S) groups is 1. The minimum absolute atomic E-state index is 0.154. The van der Waals surface area contributed by atoms with Gasteiger partial charge in [0.25, 0.3) is 5.91 Å². The van der Waals surface area contributed by atoms with E-state index in [1.165, 1.54) is 28.0 Å². The summed E-state index contributed by atoms with van der Waals surface area (Å²) in [6.07, 6.45) is 2.00. The van der Waals surface area contributed by atoms with Crippen LogP contribution in [0, 0.1) is 13.8 Å². The molecule has 0 bridgehead atoms. The zero-order chi connectivity index (χ0) is 18.7. The van der Waals surface area contributed by atoms with Crippen molar-refractivity contribution in [2.24, 2.45) is 0 Å². The predicted octanol–water partition coefficient (Wildman–Crippen LogP) is 3.99. The standard InChI is InChI=1S/C18H17N3O2S3/c1-11-3-5-13(6-4-11)9-14-16(23)21(18(24)26-14)8-7-15(22)20-17-19-12(2)10-25-17/h3-6,9-10H,7-8H2,1-2H3,(H,19,20,22)/b14-9-. The molecule has 3 rings (SSSR count). The van der Waals surface area contributed by atoms with Gasteiger partial charge in [0, 0.05) is 18.3 Å². The third kappa shape index (κ3) is 4.57. The van der Waals surface area contributed by atoms with E-state index in [2.05, 4.69) is 10.3 Å². The normalized spacial score (nSPS) is 15.8. The minimum Gasteiger partial charge on any atom is -0.302 e. The maximum atomic E-state index is 12.6. The summed E-state index contributed by atoms with van der Waals surface area (Å²) in [4.78, 5) is 30.9. The van der Waals surface area contributed by atoms with Gasteiger partial charge in [0.15, 0.2) is 5.13 Å². The van der Waals surface area contributed by atoms with Gasteiger partial charge in [0.1, 0.15) is 4.32 Å². The molecule has 2 heterocycles. The van der Waals surface area contributed by atoms with Crippen molar-refractivity contribution >= 4 is 62.7 Å². The number of thioether (sulfide) groups is 1. The fraction of sp³-hybridized carbons (Fsp3) is 0.222. The molecule has 26 heavy (non-hydrogen) atoms. The van der Waals surface area contributed by atoms with Gasteiger partial charge in [-0.25, -0.2) is 4.98 Å². The molecule has 0 aliphatic carbocycles. The molecule has 1 fully saturated rings. The molecule has 2 amide bonds. The Balaban J connectivity index is 1.60. The van der Waals surface area contributed by atoms with Crippen LogP contribution in [-0.4, -0.2) is 32.6 Å². The highest BCUT2D eigenvalue weighted by atomic mass is 32.2. The first-order valence-corrected chi connectivity index (χ1v) is 10.1. The third-order valence-corrected chi connectivity index (χ3v) is 5.93. The summed E-state index contributed by atoms with van der Waals surface area (Å²) in [5.74, 6) is -0.339. The quantitative estimate of drug-likeness (QED) is 0.604. The SMILES string of the molecule is Cc1ccc(/C=C2\SC(=S)N(CCC(=O)Nc3nc(C)cs3)C2=O)cc1. The van der Waals surface area contributed by atoms with Gasteiger partial charge in [-0.3, -0.25) is 14.5 Å². The Morgan fingerprint density at radius 3 is 2.69 bits per heavy atom. The number of carbonyl (C=O) groups is 2. The van der Waals surface area contributed by atoms with Gasteiger partial charge in [0.05, 0.1) is 10.6 Å². The summed E-state index contributed by atoms with van der Waals surface area (Å²) in [5, 5.41) is 5.17. The Labute approximate surface area is 165 Å². The first-order chi connectivity index (χ1) is 12.4. The Morgan fingerprint density at radius 2 is 2.04 bits per heavy atom. The van der Waals surface area contributed by atoms with Crippen molar-refractivity contribution in [3.05, 3.63) is 51.4 Å². The highest BCUT2D eigenvalue weighted by Crippen LogP contribution is 2.32. The molecule has 1 aliphatic rings. The lowest BCUT2D eigenvalue weighted by Crippen LogP contribution is -2.31. The number of hydrogen-bond acceptors (Lipinski definition) is 6. The first kappa shape index (κ1) is 18.8. The molecule has 0 saturated carbocycles. The molecule has 2 aromatic rings. The van der Waals surface area contributed by atoms with E-state index in [-0.39, 0.29) is 24.8 Å². The van der Waals surface area contributed by atoms with E-state index >= 15 is 0 Å². The minimum atomic E-state index is -0.184. The van der Waals surface area contributed by atoms with Gasteiger partial charge >= 0.3 is 0 Å². The van der Waals surface area contributed by atoms with Crippen LogP contribution >= 0.6 is 35.3 Å². The summed E-state index contributed by atoms with van der Waals surface area (Å²) >= 11 is 7.95. The number of anilines is 1. The van der Waals surface area contributed by atoms with E-state index in [1.54, 1.807) is 0 Å². The third-order valence-electron chi connectivity index (χ3n) is 3.68. The van der Waals surface area contributed by atoms with E-state index in [0.717, 1.165) is 16.8 Å². The van der Waals surface area contributed by atoms with Gasteiger partial charge in [-0.2, -0.15) is 0 Å². The van der Waals surface area contributed by atoms with E-state index in [0.29, 0.717) is 14.4 Å². The molecule has 0 unspecified atom stereocenters. The Morgan fingerprint density at radius 1 is 1.31 bits per heavy atom. The Bertz CT molecular complexity index is 887. The van der Waals surface area contributed by atoms with Gasteiger partial charge < -0.3 is 5.32 Å². The number of thiazole rings is 1. The second-order valence-electron chi connectivity index (χ2n) is 5.84. The topological polar surface area (TPSA) is 62.3 Å². The van der Waals surface area contributed by atoms with E-state index in [4.69, 9.17) is 12.2 Å². The number of nitrogens with one attached hydrogen (secondary N) is 1. The molecule has 1 aromatic heterocycles. The van der Waals surface area contributed by atoms with Crippen molar-refractivity contribution in [3.63, 3.8) is 0 Å².